The van der Waals surface area contributed by atoms with E-state index in [1.807, 2.05) is 0 Å². The molecule has 1 rings (SSSR count). The van der Waals surface area contributed by atoms with Gasteiger partial charge in [-0.3, -0.25) is 0 Å². The van der Waals surface area contributed by atoms with E-state index in [9.17, 15) is 0 Å². The Morgan fingerprint density at radius 2 is 2.11 bits per heavy atom. The maximum atomic E-state index is 5.59. The fourth-order valence-corrected chi connectivity index (χ4v) is 1.55. The number of nitrogens with one attached hydrogen (secondary N) is 1. The molecule has 5 nitrogen and oxygen atoms in total. The SMILES string of the molecule is COCCOCc1cnc(CCCNC(C)(C)C)o1. The van der Waals surface area contributed by atoms with Gasteiger partial charge in [-0.2, -0.15) is 0 Å². The van der Waals surface area contributed by atoms with Gasteiger partial charge in [0.15, 0.2) is 5.89 Å². The standard InChI is InChI=1S/C14H26N2O3/c1-14(2,3)16-7-5-6-13-15-10-12(19-13)11-18-9-8-17-4/h10,16H,5-9,11H2,1-4H3. The summed E-state index contributed by atoms with van der Waals surface area (Å²) < 4.78 is 15.9. The summed E-state index contributed by atoms with van der Waals surface area (Å²) in [7, 11) is 1.65. The molecule has 19 heavy (non-hydrogen) atoms. The zero-order valence-electron chi connectivity index (χ0n) is 12.5. The summed E-state index contributed by atoms with van der Waals surface area (Å²) in [5.41, 5.74) is 0.164. The van der Waals surface area contributed by atoms with Crippen LogP contribution in [0.15, 0.2) is 10.6 Å². The molecule has 0 amide bonds. The number of hydrogen-bond acceptors (Lipinski definition) is 5. The molecule has 110 valence electrons. The van der Waals surface area contributed by atoms with Gasteiger partial charge in [-0.05, 0) is 33.7 Å². The first-order chi connectivity index (χ1) is 9.01. The number of nitrogens with zero attached hydrogens (tertiary/aromatic N) is 1. The summed E-state index contributed by atoms with van der Waals surface area (Å²) >= 11 is 0. The molecule has 0 aromatic carbocycles. The molecule has 0 saturated carbocycles. The summed E-state index contributed by atoms with van der Waals surface area (Å²) in [6.07, 6.45) is 3.60. The Kier molecular flexibility index (Phi) is 7.05. The van der Waals surface area contributed by atoms with Crippen LogP contribution in [-0.2, 0) is 22.5 Å². The summed E-state index contributed by atoms with van der Waals surface area (Å²) in [5, 5.41) is 3.44. The molecule has 1 aromatic heterocycles. The van der Waals surface area contributed by atoms with E-state index in [-0.39, 0.29) is 5.54 Å². The second-order valence-corrected chi connectivity index (χ2v) is 5.55. The Hall–Kier alpha value is -0.910. The van der Waals surface area contributed by atoms with E-state index in [4.69, 9.17) is 13.9 Å². The second kappa shape index (κ2) is 8.30. The van der Waals surface area contributed by atoms with Gasteiger partial charge in [0.25, 0.3) is 0 Å². The van der Waals surface area contributed by atoms with Gasteiger partial charge >= 0.3 is 0 Å². The lowest BCUT2D eigenvalue weighted by molar-refractivity contribution is 0.0534. The monoisotopic (exact) mass is 270 g/mol. The Balaban J connectivity index is 2.16. The normalized spacial score (nSPS) is 12.0. The molecule has 0 fully saturated rings. The third kappa shape index (κ3) is 7.97. The van der Waals surface area contributed by atoms with Gasteiger partial charge in [0.1, 0.15) is 12.4 Å². The van der Waals surface area contributed by atoms with Crippen molar-refractivity contribution in [1.29, 1.82) is 0 Å². The number of oxazole rings is 1. The highest BCUT2D eigenvalue weighted by molar-refractivity contribution is 4.92. The number of aromatic nitrogens is 1. The van der Waals surface area contributed by atoms with Crippen LogP contribution in [-0.4, -0.2) is 37.4 Å². The lowest BCUT2D eigenvalue weighted by Crippen LogP contribution is -2.36. The first-order valence-corrected chi connectivity index (χ1v) is 6.76. The largest absolute Gasteiger partial charge is 0.443 e. The highest BCUT2D eigenvalue weighted by atomic mass is 16.5. The van der Waals surface area contributed by atoms with E-state index in [2.05, 4.69) is 31.1 Å². The van der Waals surface area contributed by atoms with Crippen molar-refractivity contribution in [3.05, 3.63) is 17.8 Å². The third-order valence-corrected chi connectivity index (χ3v) is 2.50. The van der Waals surface area contributed by atoms with E-state index in [0.29, 0.717) is 19.8 Å². The number of methoxy groups -OCH3 is 1. The maximum Gasteiger partial charge on any atom is 0.194 e. The fourth-order valence-electron chi connectivity index (χ4n) is 1.55. The van der Waals surface area contributed by atoms with E-state index in [1.54, 1.807) is 13.3 Å². The van der Waals surface area contributed by atoms with Gasteiger partial charge in [-0.15, -0.1) is 0 Å². The van der Waals surface area contributed by atoms with Crippen molar-refractivity contribution in [2.45, 2.75) is 45.8 Å². The fraction of sp³-hybridized carbons (Fsp3) is 0.786. The van der Waals surface area contributed by atoms with Crippen molar-refractivity contribution in [2.75, 3.05) is 26.9 Å². The molecule has 0 saturated heterocycles. The van der Waals surface area contributed by atoms with Crippen LogP contribution in [0.2, 0.25) is 0 Å². The second-order valence-electron chi connectivity index (χ2n) is 5.55. The van der Waals surface area contributed by atoms with Crippen molar-refractivity contribution < 1.29 is 13.9 Å². The number of hydrogen-bond donors (Lipinski definition) is 1. The molecule has 0 aliphatic rings. The van der Waals surface area contributed by atoms with Gasteiger partial charge in [0.2, 0.25) is 0 Å². The number of aryl methyl sites for hydroxylation is 1. The topological polar surface area (TPSA) is 56.5 Å². The van der Waals surface area contributed by atoms with Crippen LogP contribution in [0.4, 0.5) is 0 Å². The molecule has 0 spiro atoms. The minimum Gasteiger partial charge on any atom is -0.443 e. The van der Waals surface area contributed by atoms with E-state index in [0.717, 1.165) is 31.0 Å². The van der Waals surface area contributed by atoms with Gasteiger partial charge in [0, 0.05) is 19.1 Å². The highest BCUT2D eigenvalue weighted by Gasteiger charge is 2.08. The van der Waals surface area contributed by atoms with E-state index in [1.165, 1.54) is 0 Å². The average Bonchev–Trinajstić information content (AvgIpc) is 2.77. The van der Waals surface area contributed by atoms with E-state index < -0.39 is 0 Å². The molecular formula is C14H26N2O3. The zero-order chi connectivity index (χ0) is 14.1. The molecule has 0 radical (unpaired) electrons. The number of ether oxygens (including phenoxy) is 2. The van der Waals surface area contributed by atoms with Crippen LogP contribution in [0.5, 0.6) is 0 Å². The molecule has 5 heteroatoms. The first-order valence-electron chi connectivity index (χ1n) is 6.76. The van der Waals surface area contributed by atoms with E-state index >= 15 is 0 Å². The van der Waals surface area contributed by atoms with Crippen molar-refractivity contribution in [3.8, 4) is 0 Å². The lowest BCUT2D eigenvalue weighted by atomic mass is 10.1. The minimum absolute atomic E-state index is 0.164. The molecule has 0 aliphatic carbocycles. The zero-order valence-corrected chi connectivity index (χ0v) is 12.5. The summed E-state index contributed by atoms with van der Waals surface area (Å²) in [6, 6.07) is 0. The molecular weight excluding hydrogens is 244 g/mol. The minimum atomic E-state index is 0.164. The van der Waals surface area contributed by atoms with Crippen LogP contribution >= 0.6 is 0 Å². The number of rotatable bonds is 9. The first kappa shape index (κ1) is 16.1. The highest BCUT2D eigenvalue weighted by Crippen LogP contribution is 2.07. The molecule has 1 N–H and O–H groups in total. The van der Waals surface area contributed by atoms with Crippen LogP contribution in [0.25, 0.3) is 0 Å². The van der Waals surface area contributed by atoms with Crippen molar-refractivity contribution >= 4 is 0 Å². The van der Waals surface area contributed by atoms with Crippen LogP contribution in [0.3, 0.4) is 0 Å². The predicted molar refractivity (Wildman–Crippen MR) is 74.1 cm³/mol. The van der Waals surface area contributed by atoms with Crippen molar-refractivity contribution in [2.24, 2.45) is 0 Å². The van der Waals surface area contributed by atoms with Gasteiger partial charge in [-0.25, -0.2) is 4.98 Å². The van der Waals surface area contributed by atoms with Gasteiger partial charge in [-0.1, -0.05) is 0 Å². The van der Waals surface area contributed by atoms with Crippen LogP contribution in [0, 0.1) is 0 Å². The maximum absolute atomic E-state index is 5.59. The van der Waals surface area contributed by atoms with Crippen LogP contribution < -0.4 is 5.32 Å². The quantitative estimate of drug-likeness (QED) is 0.697. The summed E-state index contributed by atoms with van der Waals surface area (Å²) in [4.78, 5) is 4.24. The van der Waals surface area contributed by atoms with Gasteiger partial charge < -0.3 is 19.2 Å². The Labute approximate surface area is 115 Å². The summed E-state index contributed by atoms with van der Waals surface area (Å²) in [6.45, 7) is 9.07. The van der Waals surface area contributed by atoms with Crippen molar-refractivity contribution in [1.82, 2.24) is 10.3 Å². The van der Waals surface area contributed by atoms with Crippen LogP contribution in [0.1, 0.15) is 38.8 Å². The predicted octanol–water partition coefficient (Wildman–Crippen LogP) is 2.16. The average molecular weight is 270 g/mol. The molecule has 0 aliphatic heterocycles. The Bertz CT molecular complexity index is 345. The molecule has 0 bridgehead atoms. The van der Waals surface area contributed by atoms with Gasteiger partial charge in [0.05, 0.1) is 19.4 Å². The lowest BCUT2D eigenvalue weighted by Gasteiger charge is -2.19. The summed E-state index contributed by atoms with van der Waals surface area (Å²) in [5.74, 6) is 1.55. The van der Waals surface area contributed by atoms with Crippen molar-refractivity contribution in [3.63, 3.8) is 0 Å². The molecule has 1 heterocycles. The third-order valence-electron chi connectivity index (χ3n) is 2.50. The molecule has 0 atom stereocenters. The Morgan fingerprint density at radius 3 is 2.79 bits per heavy atom. The Morgan fingerprint density at radius 1 is 1.32 bits per heavy atom. The smallest absolute Gasteiger partial charge is 0.194 e. The molecule has 0 unspecified atom stereocenters. The molecule has 1 aromatic rings.